The summed E-state index contributed by atoms with van der Waals surface area (Å²) in [5.41, 5.74) is 2.59. The lowest BCUT2D eigenvalue weighted by Gasteiger charge is -2.16. The van der Waals surface area contributed by atoms with Crippen molar-refractivity contribution in [3.05, 3.63) is 58.0 Å². The van der Waals surface area contributed by atoms with E-state index in [2.05, 4.69) is 63.5 Å². The number of halogens is 1. The van der Waals surface area contributed by atoms with Crippen LogP contribution in [0.15, 0.2) is 45.5 Å². The molecule has 0 spiro atoms. The van der Waals surface area contributed by atoms with Gasteiger partial charge in [-0.2, -0.15) is 0 Å². The summed E-state index contributed by atoms with van der Waals surface area (Å²) in [7, 11) is 2.13. The molecule has 0 radical (unpaired) electrons. The Morgan fingerprint density at radius 1 is 1.19 bits per heavy atom. The lowest BCUT2D eigenvalue weighted by Crippen LogP contribution is -2.20. The highest BCUT2D eigenvalue weighted by molar-refractivity contribution is 9.10. The predicted molar refractivity (Wildman–Crippen MR) is 87.9 cm³/mol. The van der Waals surface area contributed by atoms with E-state index in [1.807, 2.05) is 0 Å². The number of furan rings is 1. The van der Waals surface area contributed by atoms with Crippen molar-refractivity contribution >= 4 is 15.9 Å². The second-order valence-corrected chi connectivity index (χ2v) is 6.74. The zero-order chi connectivity index (χ0) is 14.7. The normalized spacial score (nSPS) is 14.8. The van der Waals surface area contributed by atoms with Crippen LogP contribution in [-0.4, -0.2) is 18.0 Å². The summed E-state index contributed by atoms with van der Waals surface area (Å²) in [4.78, 5) is 2.28. The van der Waals surface area contributed by atoms with Crippen molar-refractivity contribution in [1.29, 1.82) is 0 Å². The van der Waals surface area contributed by atoms with E-state index in [4.69, 9.17) is 4.42 Å². The Morgan fingerprint density at radius 3 is 2.67 bits per heavy atom. The van der Waals surface area contributed by atoms with Gasteiger partial charge in [0.1, 0.15) is 5.76 Å². The first-order valence-corrected chi connectivity index (χ1v) is 8.21. The van der Waals surface area contributed by atoms with Crippen molar-refractivity contribution in [2.75, 3.05) is 7.05 Å². The van der Waals surface area contributed by atoms with E-state index < -0.39 is 0 Å². The van der Waals surface area contributed by atoms with E-state index in [0.29, 0.717) is 0 Å². The van der Waals surface area contributed by atoms with Crippen LogP contribution in [0.2, 0.25) is 0 Å². The van der Waals surface area contributed by atoms with Crippen LogP contribution in [0.25, 0.3) is 0 Å². The monoisotopic (exact) mass is 348 g/mol. The van der Waals surface area contributed by atoms with Gasteiger partial charge in [0.25, 0.3) is 0 Å². The third-order valence-electron chi connectivity index (χ3n) is 3.78. The van der Waals surface area contributed by atoms with Crippen LogP contribution in [-0.2, 0) is 19.6 Å². The molecule has 0 amide bonds. The third-order valence-corrected chi connectivity index (χ3v) is 4.30. The van der Waals surface area contributed by atoms with E-state index in [1.54, 1.807) is 6.26 Å². The second-order valence-electron chi connectivity index (χ2n) is 5.82. The average molecular weight is 349 g/mol. The molecule has 0 saturated heterocycles. The van der Waals surface area contributed by atoms with Crippen LogP contribution in [0.4, 0.5) is 0 Å². The molecule has 0 unspecified atom stereocenters. The fourth-order valence-electron chi connectivity index (χ4n) is 2.41. The minimum atomic E-state index is 0.730. The molecule has 1 aromatic heterocycles. The quantitative estimate of drug-likeness (QED) is 0.821. The SMILES string of the molecule is CN(Cc1ccc(Br)cc1)Cc1occc1CNC1CC1. The largest absolute Gasteiger partial charge is 0.468 e. The van der Waals surface area contributed by atoms with Crippen LogP contribution in [0, 0.1) is 0 Å². The first-order chi connectivity index (χ1) is 10.2. The Balaban J connectivity index is 1.55. The van der Waals surface area contributed by atoms with Crippen LogP contribution >= 0.6 is 15.9 Å². The van der Waals surface area contributed by atoms with E-state index in [1.165, 1.54) is 24.0 Å². The van der Waals surface area contributed by atoms with E-state index >= 15 is 0 Å². The number of nitrogens with zero attached hydrogens (tertiary/aromatic N) is 1. The Morgan fingerprint density at radius 2 is 1.95 bits per heavy atom. The molecule has 112 valence electrons. The van der Waals surface area contributed by atoms with Crippen molar-refractivity contribution in [2.45, 2.75) is 38.5 Å². The van der Waals surface area contributed by atoms with Crippen molar-refractivity contribution < 1.29 is 4.42 Å². The van der Waals surface area contributed by atoms with Gasteiger partial charge in [-0.15, -0.1) is 0 Å². The minimum absolute atomic E-state index is 0.730. The van der Waals surface area contributed by atoms with Gasteiger partial charge in [-0.05, 0) is 43.7 Å². The molecule has 4 heteroatoms. The Bertz CT molecular complexity index is 575. The maximum Gasteiger partial charge on any atom is 0.122 e. The fourth-order valence-corrected chi connectivity index (χ4v) is 2.67. The van der Waals surface area contributed by atoms with E-state index in [-0.39, 0.29) is 0 Å². The molecule has 21 heavy (non-hydrogen) atoms. The van der Waals surface area contributed by atoms with Gasteiger partial charge in [-0.3, -0.25) is 4.90 Å². The third kappa shape index (κ3) is 4.43. The van der Waals surface area contributed by atoms with Crippen LogP contribution in [0.3, 0.4) is 0 Å². The first-order valence-electron chi connectivity index (χ1n) is 7.42. The lowest BCUT2D eigenvalue weighted by atomic mass is 10.2. The molecule has 1 saturated carbocycles. The maximum atomic E-state index is 5.66. The summed E-state index contributed by atoms with van der Waals surface area (Å²) in [5.74, 6) is 1.07. The number of hydrogen-bond acceptors (Lipinski definition) is 3. The molecule has 3 nitrogen and oxygen atoms in total. The Hall–Kier alpha value is -1.10. The average Bonchev–Trinajstić information content (AvgIpc) is 3.20. The molecule has 1 aliphatic rings. The molecule has 1 fully saturated rings. The molecule has 1 aromatic carbocycles. The number of rotatable bonds is 7. The van der Waals surface area contributed by atoms with Crippen molar-refractivity contribution in [2.24, 2.45) is 0 Å². The topological polar surface area (TPSA) is 28.4 Å². The van der Waals surface area contributed by atoms with Gasteiger partial charge < -0.3 is 9.73 Å². The van der Waals surface area contributed by atoms with Crippen LogP contribution in [0.5, 0.6) is 0 Å². The summed E-state index contributed by atoms with van der Waals surface area (Å²) < 4.78 is 6.77. The van der Waals surface area contributed by atoms with Gasteiger partial charge in [-0.1, -0.05) is 28.1 Å². The van der Waals surface area contributed by atoms with Crippen LogP contribution in [0.1, 0.15) is 29.7 Å². The smallest absolute Gasteiger partial charge is 0.122 e. The molecular weight excluding hydrogens is 328 g/mol. The molecule has 1 aliphatic carbocycles. The lowest BCUT2D eigenvalue weighted by molar-refractivity contribution is 0.286. The molecule has 1 N–H and O–H groups in total. The Labute approximate surface area is 134 Å². The summed E-state index contributed by atoms with van der Waals surface area (Å²) in [6, 6.07) is 11.3. The maximum absolute atomic E-state index is 5.66. The summed E-state index contributed by atoms with van der Waals surface area (Å²) in [6.07, 6.45) is 4.43. The first kappa shape index (κ1) is 14.8. The van der Waals surface area contributed by atoms with E-state index in [9.17, 15) is 0 Å². The Kier molecular flexibility index (Phi) is 4.78. The molecule has 0 bridgehead atoms. The number of hydrogen-bond donors (Lipinski definition) is 1. The predicted octanol–water partition coefficient (Wildman–Crippen LogP) is 3.93. The summed E-state index contributed by atoms with van der Waals surface area (Å²) in [5, 5.41) is 3.54. The highest BCUT2D eigenvalue weighted by Crippen LogP contribution is 2.21. The van der Waals surface area contributed by atoms with Gasteiger partial charge in [0.2, 0.25) is 0 Å². The zero-order valence-electron chi connectivity index (χ0n) is 12.3. The minimum Gasteiger partial charge on any atom is -0.468 e. The van der Waals surface area contributed by atoms with E-state index in [0.717, 1.165) is 35.9 Å². The van der Waals surface area contributed by atoms with Crippen molar-refractivity contribution in [1.82, 2.24) is 10.2 Å². The molecule has 2 aromatic rings. The number of nitrogens with one attached hydrogen (secondary N) is 1. The number of benzene rings is 1. The van der Waals surface area contributed by atoms with Gasteiger partial charge >= 0.3 is 0 Å². The highest BCUT2D eigenvalue weighted by Gasteiger charge is 2.21. The zero-order valence-corrected chi connectivity index (χ0v) is 13.9. The molecule has 0 atom stereocenters. The highest BCUT2D eigenvalue weighted by atomic mass is 79.9. The standard InChI is InChI=1S/C17H21BrN2O/c1-20(11-13-2-4-15(18)5-3-13)12-17-14(8-9-21-17)10-19-16-6-7-16/h2-5,8-9,16,19H,6-7,10-12H2,1H3. The van der Waals surface area contributed by atoms with Crippen molar-refractivity contribution in [3.63, 3.8) is 0 Å². The molecular formula is C17H21BrN2O. The molecule has 3 rings (SSSR count). The van der Waals surface area contributed by atoms with Gasteiger partial charge in [-0.25, -0.2) is 0 Å². The van der Waals surface area contributed by atoms with Crippen molar-refractivity contribution in [3.8, 4) is 0 Å². The van der Waals surface area contributed by atoms with Gasteiger partial charge in [0, 0.05) is 29.2 Å². The van der Waals surface area contributed by atoms with Crippen LogP contribution < -0.4 is 5.32 Å². The molecule has 1 heterocycles. The summed E-state index contributed by atoms with van der Waals surface area (Å²) in [6.45, 7) is 2.68. The second kappa shape index (κ2) is 6.77. The molecule has 0 aliphatic heterocycles. The van der Waals surface area contributed by atoms with Gasteiger partial charge in [0.05, 0.1) is 12.8 Å². The fraction of sp³-hybridized carbons (Fsp3) is 0.412. The van der Waals surface area contributed by atoms with Gasteiger partial charge in [0.15, 0.2) is 0 Å². The summed E-state index contributed by atoms with van der Waals surface area (Å²) >= 11 is 3.47.